The number of nitrogens with two attached hydrogens (primary N) is 2. The molecular formula is C26H30N4O8. The molecule has 12 nitrogen and oxygen atoms in total. The number of hydrogen-bond donors (Lipinski definition) is 7. The molecule has 0 radical (unpaired) electrons. The Kier molecular flexibility index (Phi) is 5.62. The van der Waals surface area contributed by atoms with Gasteiger partial charge < -0.3 is 42.1 Å². The number of primary amides is 1. The summed E-state index contributed by atoms with van der Waals surface area (Å²) < 4.78 is 0. The third-order valence-corrected chi connectivity index (χ3v) is 8.28. The van der Waals surface area contributed by atoms with Gasteiger partial charge in [0.1, 0.15) is 22.8 Å². The average molecular weight is 527 g/mol. The summed E-state index contributed by atoms with van der Waals surface area (Å²) in [6, 6.07) is 1.68. The molecule has 9 N–H and O–H groups in total. The normalized spacial score (nSPS) is 27.4. The van der Waals surface area contributed by atoms with Gasteiger partial charge >= 0.3 is 0 Å². The maximum Gasteiger partial charge on any atom is 0.255 e. The minimum absolute atomic E-state index is 0.0264. The van der Waals surface area contributed by atoms with Crippen molar-refractivity contribution in [3.05, 3.63) is 39.7 Å². The fourth-order valence-corrected chi connectivity index (χ4v) is 5.97. The van der Waals surface area contributed by atoms with E-state index in [1.807, 2.05) is 0 Å². The van der Waals surface area contributed by atoms with Gasteiger partial charge in [0.25, 0.3) is 5.91 Å². The Labute approximate surface area is 217 Å². The van der Waals surface area contributed by atoms with E-state index >= 15 is 0 Å². The lowest BCUT2D eigenvalue weighted by atomic mass is 9.59. The summed E-state index contributed by atoms with van der Waals surface area (Å²) in [6.07, 6.45) is 0.973. The van der Waals surface area contributed by atoms with Gasteiger partial charge in [-0.1, -0.05) is 0 Å². The molecule has 202 valence electrons. The second kappa shape index (κ2) is 8.30. The smallest absolute Gasteiger partial charge is 0.255 e. The number of benzene rings is 1. The van der Waals surface area contributed by atoms with Gasteiger partial charge in [0.15, 0.2) is 11.4 Å². The van der Waals surface area contributed by atoms with Crippen LogP contribution in [0.3, 0.4) is 0 Å². The number of aliphatic hydroxyl groups is 3. The molecular weight excluding hydrogens is 496 g/mol. The van der Waals surface area contributed by atoms with Crippen molar-refractivity contribution in [1.82, 2.24) is 5.32 Å². The van der Waals surface area contributed by atoms with Crippen LogP contribution >= 0.6 is 0 Å². The first kappa shape index (κ1) is 25.7. The minimum Gasteiger partial charge on any atom is -0.508 e. The number of aliphatic hydroxyl groups excluding tert-OH is 2. The van der Waals surface area contributed by atoms with Crippen molar-refractivity contribution < 1.29 is 39.6 Å². The van der Waals surface area contributed by atoms with Crippen molar-refractivity contribution in [1.29, 1.82) is 0 Å². The molecule has 2 saturated carbocycles. The summed E-state index contributed by atoms with van der Waals surface area (Å²) in [5.41, 5.74) is 7.98. The lowest BCUT2D eigenvalue weighted by Gasteiger charge is -2.46. The first-order valence-electron chi connectivity index (χ1n) is 12.3. The van der Waals surface area contributed by atoms with Crippen molar-refractivity contribution in [2.24, 2.45) is 23.3 Å². The van der Waals surface area contributed by atoms with Gasteiger partial charge in [0.2, 0.25) is 11.7 Å². The Morgan fingerprint density at radius 3 is 2.39 bits per heavy atom. The molecule has 2 fully saturated rings. The van der Waals surface area contributed by atoms with Crippen LogP contribution in [0.4, 0.5) is 5.69 Å². The third kappa shape index (κ3) is 3.51. The molecule has 4 aliphatic rings. The molecule has 5 rings (SSSR count). The van der Waals surface area contributed by atoms with Crippen LogP contribution in [0.2, 0.25) is 0 Å². The van der Waals surface area contributed by atoms with Crippen LogP contribution in [0.25, 0.3) is 5.76 Å². The van der Waals surface area contributed by atoms with Crippen LogP contribution in [-0.4, -0.2) is 69.0 Å². The molecule has 1 aromatic carbocycles. The second-order valence-corrected chi connectivity index (χ2v) is 10.9. The van der Waals surface area contributed by atoms with Gasteiger partial charge in [-0.2, -0.15) is 0 Å². The topological polar surface area (TPSA) is 217 Å². The Morgan fingerprint density at radius 2 is 1.82 bits per heavy atom. The SMILES string of the molecule is CN(C)c1cc(CNC(=O)C2(N)CC2)c(O)c2c1CC1CC3CC(=O)C(C(N)=O)=C(O)C3(O)C(=O)C1=C2O. The Hall–Kier alpha value is -3.90. The van der Waals surface area contributed by atoms with E-state index in [0.29, 0.717) is 24.1 Å². The fraction of sp³-hybridized carbons (Fsp3) is 0.462. The van der Waals surface area contributed by atoms with E-state index in [1.54, 1.807) is 25.1 Å². The van der Waals surface area contributed by atoms with E-state index in [0.717, 1.165) is 0 Å². The van der Waals surface area contributed by atoms with E-state index < -0.39 is 57.5 Å². The molecule has 0 aliphatic heterocycles. The van der Waals surface area contributed by atoms with Crippen LogP contribution in [-0.2, 0) is 32.1 Å². The molecule has 1 aromatic rings. The lowest BCUT2D eigenvalue weighted by molar-refractivity contribution is -0.147. The summed E-state index contributed by atoms with van der Waals surface area (Å²) >= 11 is 0. The summed E-state index contributed by atoms with van der Waals surface area (Å²) in [5.74, 6) is -7.18. The average Bonchev–Trinajstić information content (AvgIpc) is 3.58. The molecule has 4 aliphatic carbocycles. The maximum atomic E-state index is 13.7. The lowest BCUT2D eigenvalue weighted by Crippen LogP contribution is -2.58. The second-order valence-electron chi connectivity index (χ2n) is 10.9. The van der Waals surface area contributed by atoms with E-state index in [-0.39, 0.29) is 54.2 Å². The summed E-state index contributed by atoms with van der Waals surface area (Å²) in [6.45, 7) is -0.0860. The van der Waals surface area contributed by atoms with Gasteiger partial charge in [-0.25, -0.2) is 0 Å². The van der Waals surface area contributed by atoms with Crippen molar-refractivity contribution >= 4 is 34.8 Å². The summed E-state index contributed by atoms with van der Waals surface area (Å²) in [4.78, 5) is 52.1. The number of anilines is 1. The number of rotatable bonds is 5. The number of carbonyl (C=O) groups excluding carboxylic acids is 4. The number of nitrogens with zero attached hydrogens (tertiary/aromatic N) is 1. The molecule has 3 unspecified atom stereocenters. The Morgan fingerprint density at radius 1 is 1.16 bits per heavy atom. The van der Waals surface area contributed by atoms with Crippen molar-refractivity contribution in [2.45, 2.75) is 49.8 Å². The first-order valence-corrected chi connectivity index (χ1v) is 12.3. The number of fused-ring (bicyclic) bond motifs is 3. The number of ketones is 2. The number of phenols is 1. The zero-order valence-corrected chi connectivity index (χ0v) is 21.0. The number of hydrogen-bond acceptors (Lipinski definition) is 10. The van der Waals surface area contributed by atoms with Crippen LogP contribution in [0, 0.1) is 11.8 Å². The Balaban J connectivity index is 1.63. The molecule has 0 spiro atoms. The van der Waals surface area contributed by atoms with Crippen LogP contribution < -0.4 is 21.7 Å². The van der Waals surface area contributed by atoms with E-state index in [4.69, 9.17) is 11.5 Å². The monoisotopic (exact) mass is 526 g/mol. The molecule has 38 heavy (non-hydrogen) atoms. The molecule has 0 aromatic heterocycles. The van der Waals surface area contributed by atoms with Gasteiger partial charge in [-0.3, -0.25) is 19.2 Å². The van der Waals surface area contributed by atoms with Crippen LogP contribution in [0.15, 0.2) is 23.0 Å². The zero-order chi connectivity index (χ0) is 27.9. The largest absolute Gasteiger partial charge is 0.508 e. The summed E-state index contributed by atoms with van der Waals surface area (Å²) in [7, 11) is 3.53. The number of aromatic hydroxyl groups is 1. The molecule has 0 heterocycles. The highest BCUT2D eigenvalue weighted by Crippen LogP contribution is 2.53. The highest BCUT2D eigenvalue weighted by Gasteiger charge is 2.60. The van der Waals surface area contributed by atoms with Gasteiger partial charge in [0, 0.05) is 49.8 Å². The van der Waals surface area contributed by atoms with Crippen molar-refractivity contribution in [3.63, 3.8) is 0 Å². The summed E-state index contributed by atoms with van der Waals surface area (Å²) in [5, 5.41) is 47.3. The highest BCUT2D eigenvalue weighted by molar-refractivity contribution is 6.22. The number of nitrogens with one attached hydrogen (secondary N) is 1. The number of carbonyl (C=O) groups is 4. The molecule has 3 atom stereocenters. The standard InChI is InChI=1S/C26H30N4O8/c1-30(2)14-7-11(9-29-24(37)25(28)3-4-25)19(32)17-13(14)6-10-5-12-8-15(31)18(23(27)36)22(35)26(12,38)21(34)16(10)20(17)33/h7,10,12,32-33,35,38H,3-6,8-9,28H2,1-2H3,(H2,27,36)(H,29,37). The number of phenolic OH excluding ortho intramolecular Hbond substituents is 1. The van der Waals surface area contributed by atoms with E-state index in [1.165, 1.54) is 0 Å². The third-order valence-electron chi connectivity index (χ3n) is 8.28. The molecule has 0 bridgehead atoms. The quantitative estimate of drug-likeness (QED) is 0.246. The van der Waals surface area contributed by atoms with Gasteiger partial charge in [-0.15, -0.1) is 0 Å². The maximum absolute atomic E-state index is 13.7. The van der Waals surface area contributed by atoms with Crippen molar-refractivity contribution in [2.75, 3.05) is 19.0 Å². The van der Waals surface area contributed by atoms with E-state index in [2.05, 4.69) is 5.32 Å². The van der Waals surface area contributed by atoms with Crippen LogP contribution in [0.1, 0.15) is 42.4 Å². The minimum atomic E-state index is -2.62. The first-order chi connectivity index (χ1) is 17.7. The van der Waals surface area contributed by atoms with Crippen LogP contribution in [0.5, 0.6) is 5.75 Å². The molecule has 0 saturated heterocycles. The highest BCUT2D eigenvalue weighted by atomic mass is 16.3. The molecule has 2 amide bonds. The van der Waals surface area contributed by atoms with E-state index in [9.17, 15) is 39.6 Å². The number of amides is 2. The fourth-order valence-electron chi connectivity index (χ4n) is 5.97. The van der Waals surface area contributed by atoms with Gasteiger partial charge in [-0.05, 0) is 43.2 Å². The predicted molar refractivity (Wildman–Crippen MR) is 134 cm³/mol. The van der Waals surface area contributed by atoms with Crippen molar-refractivity contribution in [3.8, 4) is 5.75 Å². The Bertz CT molecular complexity index is 1390. The van der Waals surface area contributed by atoms with Gasteiger partial charge in [0.05, 0.1) is 11.1 Å². The predicted octanol–water partition coefficient (Wildman–Crippen LogP) is -0.403. The molecule has 12 heteroatoms. The zero-order valence-electron chi connectivity index (χ0n) is 21.0. The number of Topliss-reactive ketones (excluding diaryl/α,β-unsaturated/α-hetero) is 2.